The molecule has 6 nitrogen and oxygen atoms in total. The van der Waals surface area contributed by atoms with Crippen LogP contribution in [-0.2, 0) is 14.3 Å². The van der Waals surface area contributed by atoms with Crippen LogP contribution in [0.5, 0.6) is 0 Å². The summed E-state index contributed by atoms with van der Waals surface area (Å²) >= 11 is 0. The molecule has 0 aliphatic carbocycles. The summed E-state index contributed by atoms with van der Waals surface area (Å²) in [5.74, 6) is -1.45. The highest BCUT2D eigenvalue weighted by atomic mass is 16.5. The molecule has 1 aromatic heterocycles. The Balaban J connectivity index is 1.99. The molecule has 3 rings (SSSR count). The molecule has 2 aliphatic rings. The van der Waals surface area contributed by atoms with Gasteiger partial charge in [0, 0.05) is 31.5 Å². The van der Waals surface area contributed by atoms with Crippen molar-refractivity contribution in [3.63, 3.8) is 0 Å². The molecule has 3 heterocycles. The van der Waals surface area contributed by atoms with Crippen molar-refractivity contribution in [2.24, 2.45) is 5.92 Å². The molecule has 2 unspecified atom stereocenters. The first-order chi connectivity index (χ1) is 11.5. The number of amides is 1. The molecular formula is C18H22N2O4. The lowest BCUT2D eigenvalue weighted by molar-refractivity contribution is -0.131. The highest BCUT2D eigenvalue weighted by molar-refractivity contribution is 6.09. The van der Waals surface area contributed by atoms with E-state index in [2.05, 4.69) is 4.98 Å². The molecule has 2 atom stereocenters. The lowest BCUT2D eigenvalue weighted by Gasteiger charge is -2.29. The number of aliphatic hydroxyl groups excluding tert-OH is 1. The first-order valence-electron chi connectivity index (χ1n) is 8.30. The number of Topliss-reactive ketones (excluding diaryl/α,β-unsaturated/α-hetero) is 1. The summed E-state index contributed by atoms with van der Waals surface area (Å²) in [7, 11) is 0. The Bertz CT molecular complexity index is 663. The van der Waals surface area contributed by atoms with Crippen molar-refractivity contribution in [2.75, 3.05) is 13.2 Å². The van der Waals surface area contributed by atoms with Gasteiger partial charge in [-0.15, -0.1) is 0 Å². The average molecular weight is 330 g/mol. The van der Waals surface area contributed by atoms with E-state index in [1.54, 1.807) is 43.3 Å². The SMILES string of the molecule is CC(C)C(=O)C1=C(O)C(=O)N(CC2CCCO2)C1c1ccncc1. The van der Waals surface area contributed by atoms with Gasteiger partial charge in [0.25, 0.3) is 5.91 Å². The Kier molecular flexibility index (Phi) is 4.66. The number of nitrogens with zero attached hydrogens (tertiary/aromatic N) is 2. The van der Waals surface area contributed by atoms with E-state index in [1.807, 2.05) is 0 Å². The molecule has 1 aromatic rings. The minimum absolute atomic E-state index is 0.0559. The van der Waals surface area contributed by atoms with Crippen molar-refractivity contribution < 1.29 is 19.4 Å². The van der Waals surface area contributed by atoms with Crippen LogP contribution >= 0.6 is 0 Å². The molecule has 1 amide bonds. The maximum absolute atomic E-state index is 12.6. The third-order valence-electron chi connectivity index (χ3n) is 4.54. The Labute approximate surface area is 141 Å². The van der Waals surface area contributed by atoms with Crippen LogP contribution in [0.4, 0.5) is 0 Å². The van der Waals surface area contributed by atoms with E-state index in [4.69, 9.17) is 4.74 Å². The summed E-state index contributed by atoms with van der Waals surface area (Å²) in [5, 5.41) is 10.4. The monoisotopic (exact) mass is 330 g/mol. The summed E-state index contributed by atoms with van der Waals surface area (Å²) in [6.45, 7) is 4.58. The summed E-state index contributed by atoms with van der Waals surface area (Å²) < 4.78 is 5.63. The zero-order valence-corrected chi connectivity index (χ0v) is 13.9. The fourth-order valence-electron chi connectivity index (χ4n) is 3.30. The van der Waals surface area contributed by atoms with Gasteiger partial charge in [-0.3, -0.25) is 14.6 Å². The largest absolute Gasteiger partial charge is 0.503 e. The van der Waals surface area contributed by atoms with Gasteiger partial charge < -0.3 is 14.7 Å². The van der Waals surface area contributed by atoms with Crippen LogP contribution < -0.4 is 0 Å². The molecule has 0 saturated carbocycles. The second-order valence-corrected chi connectivity index (χ2v) is 6.56. The molecule has 1 N–H and O–H groups in total. The lowest BCUT2D eigenvalue weighted by Crippen LogP contribution is -2.37. The average Bonchev–Trinajstić information content (AvgIpc) is 3.17. The third kappa shape index (κ3) is 2.94. The second kappa shape index (κ2) is 6.73. The quantitative estimate of drug-likeness (QED) is 0.895. The molecule has 0 aromatic carbocycles. The van der Waals surface area contributed by atoms with E-state index < -0.39 is 17.7 Å². The van der Waals surface area contributed by atoms with Crippen LogP contribution in [0.2, 0.25) is 0 Å². The van der Waals surface area contributed by atoms with Gasteiger partial charge in [-0.05, 0) is 30.5 Å². The van der Waals surface area contributed by atoms with E-state index in [9.17, 15) is 14.7 Å². The number of carbonyl (C=O) groups excluding carboxylic acids is 2. The number of hydrogen-bond donors (Lipinski definition) is 1. The Morgan fingerprint density at radius 3 is 2.71 bits per heavy atom. The van der Waals surface area contributed by atoms with Crippen molar-refractivity contribution in [3.8, 4) is 0 Å². The lowest BCUT2D eigenvalue weighted by atomic mass is 9.91. The predicted octanol–water partition coefficient (Wildman–Crippen LogP) is 2.18. The maximum Gasteiger partial charge on any atom is 0.290 e. The first kappa shape index (κ1) is 16.6. The second-order valence-electron chi connectivity index (χ2n) is 6.56. The van der Waals surface area contributed by atoms with E-state index >= 15 is 0 Å². The zero-order chi connectivity index (χ0) is 17.3. The van der Waals surface area contributed by atoms with Crippen molar-refractivity contribution in [1.29, 1.82) is 0 Å². The molecule has 6 heteroatoms. The van der Waals surface area contributed by atoms with Crippen molar-refractivity contribution >= 4 is 11.7 Å². The van der Waals surface area contributed by atoms with Gasteiger partial charge in [-0.1, -0.05) is 13.8 Å². The molecule has 1 fully saturated rings. The Hall–Kier alpha value is -2.21. The van der Waals surface area contributed by atoms with Crippen LogP contribution in [0.1, 0.15) is 38.3 Å². The van der Waals surface area contributed by atoms with E-state index in [0.717, 1.165) is 18.4 Å². The van der Waals surface area contributed by atoms with Crippen LogP contribution in [0, 0.1) is 5.92 Å². The van der Waals surface area contributed by atoms with E-state index in [1.165, 1.54) is 0 Å². The van der Waals surface area contributed by atoms with Gasteiger partial charge in [0.05, 0.1) is 17.7 Å². The summed E-state index contributed by atoms with van der Waals surface area (Å²) in [6, 6.07) is 2.96. The van der Waals surface area contributed by atoms with E-state index in [-0.39, 0.29) is 23.4 Å². The summed E-state index contributed by atoms with van der Waals surface area (Å²) in [6.07, 6.45) is 5.03. The minimum atomic E-state index is -0.584. The minimum Gasteiger partial charge on any atom is -0.503 e. The van der Waals surface area contributed by atoms with Crippen LogP contribution in [0.3, 0.4) is 0 Å². The van der Waals surface area contributed by atoms with Gasteiger partial charge in [0.15, 0.2) is 11.5 Å². The molecular weight excluding hydrogens is 308 g/mol. The number of aliphatic hydroxyl groups is 1. The standard InChI is InChI=1S/C18H22N2O4/c1-11(2)16(21)14-15(12-5-7-19-8-6-12)20(18(23)17(14)22)10-13-4-3-9-24-13/h5-8,11,13,15,22H,3-4,9-10H2,1-2H3. The van der Waals surface area contributed by atoms with Gasteiger partial charge in [0.2, 0.25) is 0 Å². The number of ketones is 1. The van der Waals surface area contributed by atoms with Gasteiger partial charge in [0.1, 0.15) is 0 Å². The van der Waals surface area contributed by atoms with Gasteiger partial charge in [-0.25, -0.2) is 0 Å². The first-order valence-corrected chi connectivity index (χ1v) is 8.30. The predicted molar refractivity (Wildman–Crippen MR) is 87.2 cm³/mol. The van der Waals surface area contributed by atoms with Gasteiger partial charge >= 0.3 is 0 Å². The number of carbonyl (C=O) groups is 2. The number of aromatic nitrogens is 1. The topological polar surface area (TPSA) is 79.7 Å². The third-order valence-corrected chi connectivity index (χ3v) is 4.54. The maximum atomic E-state index is 12.6. The summed E-state index contributed by atoms with van der Waals surface area (Å²) in [4.78, 5) is 30.8. The van der Waals surface area contributed by atoms with Gasteiger partial charge in [-0.2, -0.15) is 0 Å². The molecule has 0 spiro atoms. The fourth-order valence-corrected chi connectivity index (χ4v) is 3.30. The number of rotatable bonds is 5. The normalized spacial score (nSPS) is 24.3. The molecule has 0 radical (unpaired) electrons. The molecule has 24 heavy (non-hydrogen) atoms. The van der Waals surface area contributed by atoms with Crippen LogP contribution in [-0.4, -0.2) is 45.9 Å². The highest BCUT2D eigenvalue weighted by Crippen LogP contribution is 2.39. The number of pyridine rings is 1. The highest BCUT2D eigenvalue weighted by Gasteiger charge is 2.44. The molecule has 128 valence electrons. The Morgan fingerprint density at radius 2 is 2.12 bits per heavy atom. The van der Waals surface area contributed by atoms with Crippen molar-refractivity contribution in [1.82, 2.24) is 9.88 Å². The van der Waals surface area contributed by atoms with E-state index in [0.29, 0.717) is 13.2 Å². The van der Waals surface area contributed by atoms with Crippen molar-refractivity contribution in [2.45, 2.75) is 38.8 Å². The molecule has 2 aliphatic heterocycles. The molecule has 1 saturated heterocycles. The zero-order valence-electron chi connectivity index (χ0n) is 13.9. The van der Waals surface area contributed by atoms with Crippen molar-refractivity contribution in [3.05, 3.63) is 41.4 Å². The number of ether oxygens (including phenoxy) is 1. The summed E-state index contributed by atoms with van der Waals surface area (Å²) in [5.41, 5.74) is 0.948. The van der Waals surface area contributed by atoms with Crippen LogP contribution in [0.15, 0.2) is 35.9 Å². The fraction of sp³-hybridized carbons (Fsp3) is 0.500. The molecule has 0 bridgehead atoms. The Morgan fingerprint density at radius 1 is 1.42 bits per heavy atom. The smallest absolute Gasteiger partial charge is 0.290 e. The van der Waals surface area contributed by atoms with Crippen LogP contribution in [0.25, 0.3) is 0 Å². The number of hydrogen-bond acceptors (Lipinski definition) is 5.